The standard InChI is InChI=1S/C50H58S2/c1-3-5-7-9-11-13-15-17-21-37-23-19-25-39(33-37)49-35-45-43-27-28-44-42(41(43)29-31-47(45)51-49)30-32-48-46(44)36-50(52-48)40-26-20-24-38(34-40)22-18-16-14-12-10-8-6-4-2/h19-20,23-36H,3-18,21-22H2,1-2H3. The van der Waals surface area contributed by atoms with Crippen molar-refractivity contribution in [1.29, 1.82) is 0 Å². The van der Waals surface area contributed by atoms with Gasteiger partial charge in [-0.15, -0.1) is 22.7 Å². The summed E-state index contributed by atoms with van der Waals surface area (Å²) in [4.78, 5) is 2.76. The fraction of sp³-hybridized carbons (Fsp3) is 0.400. The van der Waals surface area contributed by atoms with E-state index in [0.29, 0.717) is 0 Å². The first-order chi connectivity index (χ1) is 25.7. The van der Waals surface area contributed by atoms with Gasteiger partial charge in [-0.05, 0) is 93.7 Å². The molecule has 0 aliphatic heterocycles. The molecular formula is C50H58S2. The summed E-state index contributed by atoms with van der Waals surface area (Å²) in [5.74, 6) is 0. The van der Waals surface area contributed by atoms with Crippen LogP contribution in [-0.2, 0) is 12.8 Å². The second-order valence-corrected chi connectivity index (χ2v) is 17.4. The van der Waals surface area contributed by atoms with E-state index >= 15 is 0 Å². The Balaban J connectivity index is 1.06. The maximum atomic E-state index is 2.45. The zero-order valence-corrected chi connectivity index (χ0v) is 33.4. The molecule has 0 unspecified atom stereocenters. The molecule has 52 heavy (non-hydrogen) atoms. The average Bonchev–Trinajstić information content (AvgIpc) is 3.83. The Labute approximate surface area is 321 Å². The van der Waals surface area contributed by atoms with Crippen LogP contribution in [-0.4, -0.2) is 0 Å². The molecule has 2 heterocycles. The molecule has 0 aliphatic carbocycles. The first-order valence-electron chi connectivity index (χ1n) is 20.7. The van der Waals surface area contributed by atoms with Crippen LogP contribution in [0.5, 0.6) is 0 Å². The Morgan fingerprint density at radius 2 is 0.712 bits per heavy atom. The quantitative estimate of drug-likeness (QED) is 0.0543. The van der Waals surface area contributed by atoms with E-state index in [1.165, 1.54) is 189 Å². The van der Waals surface area contributed by atoms with Crippen molar-refractivity contribution in [1.82, 2.24) is 0 Å². The van der Waals surface area contributed by atoms with E-state index in [-0.39, 0.29) is 0 Å². The number of aryl methyl sites for hydroxylation is 2. The highest BCUT2D eigenvalue weighted by Gasteiger charge is 2.13. The zero-order valence-electron chi connectivity index (χ0n) is 31.8. The van der Waals surface area contributed by atoms with E-state index in [4.69, 9.17) is 0 Å². The predicted molar refractivity (Wildman–Crippen MR) is 236 cm³/mol. The molecule has 0 amide bonds. The predicted octanol–water partition coefficient (Wildman–Crippen LogP) is 17.1. The molecular weight excluding hydrogens is 665 g/mol. The fourth-order valence-electron chi connectivity index (χ4n) is 8.23. The summed E-state index contributed by atoms with van der Waals surface area (Å²) in [6.07, 6.45) is 24.3. The summed E-state index contributed by atoms with van der Waals surface area (Å²) in [6.45, 7) is 4.59. The maximum Gasteiger partial charge on any atom is 0.0355 e. The Morgan fingerprint density at radius 3 is 1.13 bits per heavy atom. The zero-order chi connectivity index (χ0) is 35.5. The Morgan fingerprint density at radius 1 is 0.346 bits per heavy atom. The molecule has 7 rings (SSSR count). The SMILES string of the molecule is CCCCCCCCCCc1cccc(-c2cc3c(ccc4c3ccc3c5cc(-c6cccc(CCCCCCCCCC)c6)sc5ccc34)s2)c1. The number of fused-ring (bicyclic) bond motifs is 7. The largest absolute Gasteiger partial charge is 0.135 e. The van der Waals surface area contributed by atoms with Gasteiger partial charge in [0.2, 0.25) is 0 Å². The van der Waals surface area contributed by atoms with E-state index in [1.807, 2.05) is 22.7 Å². The van der Waals surface area contributed by atoms with Crippen LogP contribution in [0.15, 0.2) is 97.1 Å². The molecule has 270 valence electrons. The second-order valence-electron chi connectivity index (χ2n) is 15.3. The summed E-state index contributed by atoms with van der Waals surface area (Å²) < 4.78 is 2.75. The number of unbranched alkanes of at least 4 members (excludes halogenated alkanes) is 14. The lowest BCUT2D eigenvalue weighted by molar-refractivity contribution is 0.575. The summed E-state index contributed by atoms with van der Waals surface area (Å²) in [5, 5.41) is 8.22. The van der Waals surface area contributed by atoms with Crippen molar-refractivity contribution in [2.75, 3.05) is 0 Å². The third-order valence-electron chi connectivity index (χ3n) is 11.3. The Hall–Kier alpha value is -3.46. The summed E-state index contributed by atoms with van der Waals surface area (Å²) in [7, 11) is 0. The van der Waals surface area contributed by atoms with Gasteiger partial charge < -0.3 is 0 Å². The van der Waals surface area contributed by atoms with E-state index in [2.05, 4.69) is 111 Å². The highest BCUT2D eigenvalue weighted by Crippen LogP contribution is 2.43. The smallest absolute Gasteiger partial charge is 0.0355 e. The van der Waals surface area contributed by atoms with Gasteiger partial charge in [-0.2, -0.15) is 0 Å². The van der Waals surface area contributed by atoms with Crippen LogP contribution in [0.3, 0.4) is 0 Å². The maximum absolute atomic E-state index is 2.45. The topological polar surface area (TPSA) is 0 Å². The average molecular weight is 723 g/mol. The number of thiophene rings is 2. The number of hydrogen-bond acceptors (Lipinski definition) is 2. The van der Waals surface area contributed by atoms with E-state index < -0.39 is 0 Å². The van der Waals surface area contributed by atoms with Gasteiger partial charge in [0.1, 0.15) is 0 Å². The highest BCUT2D eigenvalue weighted by molar-refractivity contribution is 7.22. The molecule has 0 radical (unpaired) electrons. The molecule has 0 saturated heterocycles. The molecule has 0 spiro atoms. The minimum absolute atomic E-state index is 1.19. The van der Waals surface area contributed by atoms with Crippen LogP contribution >= 0.6 is 22.7 Å². The minimum atomic E-state index is 1.19. The molecule has 0 N–H and O–H groups in total. The van der Waals surface area contributed by atoms with Crippen molar-refractivity contribution >= 4 is 64.4 Å². The van der Waals surface area contributed by atoms with Gasteiger partial charge in [-0.1, -0.05) is 177 Å². The van der Waals surface area contributed by atoms with E-state index in [9.17, 15) is 0 Å². The van der Waals surface area contributed by atoms with Gasteiger partial charge >= 0.3 is 0 Å². The van der Waals surface area contributed by atoms with Crippen LogP contribution in [0.1, 0.15) is 128 Å². The molecule has 2 aromatic heterocycles. The molecule has 0 aliphatic rings. The molecule has 0 nitrogen and oxygen atoms in total. The van der Waals surface area contributed by atoms with E-state index in [1.54, 1.807) is 0 Å². The van der Waals surface area contributed by atoms with Crippen LogP contribution in [0.4, 0.5) is 0 Å². The molecule has 7 aromatic rings. The van der Waals surface area contributed by atoms with Gasteiger partial charge in [-0.25, -0.2) is 0 Å². The molecule has 0 fully saturated rings. The Bertz CT molecular complexity index is 2040. The van der Waals surface area contributed by atoms with Gasteiger partial charge in [0.15, 0.2) is 0 Å². The lowest BCUT2D eigenvalue weighted by atomic mass is 9.97. The molecule has 0 atom stereocenters. The third-order valence-corrected chi connectivity index (χ3v) is 13.6. The fourth-order valence-corrected chi connectivity index (χ4v) is 10.4. The van der Waals surface area contributed by atoms with Gasteiger partial charge in [0.05, 0.1) is 0 Å². The lowest BCUT2D eigenvalue weighted by Crippen LogP contribution is -1.87. The number of hydrogen-bond donors (Lipinski definition) is 0. The van der Waals surface area contributed by atoms with Crippen LogP contribution in [0.2, 0.25) is 0 Å². The van der Waals surface area contributed by atoms with Gasteiger partial charge in [0, 0.05) is 29.9 Å². The summed E-state index contributed by atoms with van der Waals surface area (Å²) in [6, 6.07) is 37.8. The van der Waals surface area contributed by atoms with Gasteiger partial charge in [0.25, 0.3) is 0 Å². The minimum Gasteiger partial charge on any atom is -0.135 e. The van der Waals surface area contributed by atoms with Crippen molar-refractivity contribution in [2.24, 2.45) is 0 Å². The number of rotatable bonds is 20. The normalized spacial score (nSPS) is 11.9. The third kappa shape index (κ3) is 9.00. The first-order valence-corrected chi connectivity index (χ1v) is 22.4. The lowest BCUT2D eigenvalue weighted by Gasteiger charge is -2.06. The van der Waals surface area contributed by atoms with Crippen LogP contribution < -0.4 is 0 Å². The number of benzene rings is 5. The monoisotopic (exact) mass is 722 g/mol. The summed E-state index contributed by atoms with van der Waals surface area (Å²) >= 11 is 3.87. The van der Waals surface area contributed by atoms with Crippen LogP contribution in [0.25, 0.3) is 62.6 Å². The van der Waals surface area contributed by atoms with Crippen molar-refractivity contribution in [3.63, 3.8) is 0 Å². The van der Waals surface area contributed by atoms with Crippen molar-refractivity contribution in [2.45, 2.75) is 129 Å². The molecule has 2 heteroatoms. The summed E-state index contributed by atoms with van der Waals surface area (Å²) in [5.41, 5.74) is 5.68. The van der Waals surface area contributed by atoms with Crippen molar-refractivity contribution in [3.05, 3.63) is 108 Å². The first kappa shape index (κ1) is 36.9. The molecule has 0 saturated carbocycles. The second kappa shape index (κ2) is 18.5. The molecule has 0 bridgehead atoms. The van der Waals surface area contributed by atoms with Gasteiger partial charge in [-0.3, -0.25) is 0 Å². The van der Waals surface area contributed by atoms with Crippen molar-refractivity contribution < 1.29 is 0 Å². The van der Waals surface area contributed by atoms with Crippen molar-refractivity contribution in [3.8, 4) is 20.9 Å². The highest BCUT2D eigenvalue weighted by atomic mass is 32.1. The van der Waals surface area contributed by atoms with Crippen LogP contribution in [0, 0.1) is 0 Å². The molecule has 5 aromatic carbocycles. The Kier molecular flexibility index (Phi) is 13.1. The van der Waals surface area contributed by atoms with E-state index in [0.717, 1.165) is 0 Å².